The molecule has 5 heteroatoms. The summed E-state index contributed by atoms with van der Waals surface area (Å²) in [7, 11) is 0. The minimum absolute atomic E-state index is 0.480. The summed E-state index contributed by atoms with van der Waals surface area (Å²) in [6.45, 7) is 0.822. The van der Waals surface area contributed by atoms with Crippen molar-refractivity contribution in [1.29, 1.82) is 0 Å². The third-order valence-electron chi connectivity index (χ3n) is 2.36. The number of halogens is 2. The minimum Gasteiger partial charge on any atom is -0.397 e. The molecule has 0 bridgehead atoms. The summed E-state index contributed by atoms with van der Waals surface area (Å²) in [6, 6.07) is 7.59. The zero-order chi connectivity index (χ0) is 12.3. The van der Waals surface area contributed by atoms with Crippen molar-refractivity contribution >= 4 is 45.9 Å². The second-order valence-electron chi connectivity index (χ2n) is 3.61. The number of nitrogens with one attached hydrogen (secondary N) is 1. The Labute approximate surface area is 114 Å². The highest BCUT2D eigenvalue weighted by Gasteiger charge is 2.04. The summed E-state index contributed by atoms with van der Waals surface area (Å²) in [5.41, 5.74) is 7.29. The number of rotatable bonds is 4. The van der Waals surface area contributed by atoms with Gasteiger partial charge in [0.2, 0.25) is 0 Å². The molecule has 1 aromatic heterocycles. The van der Waals surface area contributed by atoms with E-state index in [4.69, 9.17) is 28.9 Å². The molecular weight excluding hydrogens is 275 g/mol. The van der Waals surface area contributed by atoms with E-state index in [9.17, 15) is 0 Å². The van der Waals surface area contributed by atoms with Crippen molar-refractivity contribution in [3.8, 4) is 0 Å². The standard InChI is InChI=1S/C12H12Cl2N2S/c13-9-6-11(15)12(7-10(9)14)16-4-3-8-2-1-5-17-8/h1-2,5-7,16H,3-4,15H2. The molecule has 0 amide bonds. The van der Waals surface area contributed by atoms with Gasteiger partial charge in [0.1, 0.15) is 0 Å². The second-order valence-corrected chi connectivity index (χ2v) is 5.46. The molecular formula is C12H12Cl2N2S. The third-order valence-corrected chi connectivity index (χ3v) is 4.02. The maximum atomic E-state index is 5.94. The Kier molecular flexibility index (Phi) is 4.15. The Hall–Kier alpha value is -0.900. The molecule has 0 fully saturated rings. The van der Waals surface area contributed by atoms with E-state index in [1.807, 2.05) is 6.07 Å². The van der Waals surface area contributed by atoms with E-state index in [1.165, 1.54) is 4.88 Å². The summed E-state index contributed by atoms with van der Waals surface area (Å²) in [4.78, 5) is 1.34. The van der Waals surface area contributed by atoms with E-state index in [-0.39, 0.29) is 0 Å². The molecule has 0 aliphatic carbocycles. The first-order valence-corrected chi connectivity index (χ1v) is 6.81. The van der Waals surface area contributed by atoms with Crippen LogP contribution >= 0.6 is 34.5 Å². The lowest BCUT2D eigenvalue weighted by Gasteiger charge is -2.10. The van der Waals surface area contributed by atoms with Crippen molar-refractivity contribution in [2.24, 2.45) is 0 Å². The highest BCUT2D eigenvalue weighted by atomic mass is 35.5. The summed E-state index contributed by atoms with van der Waals surface area (Å²) >= 11 is 13.6. The lowest BCUT2D eigenvalue weighted by Crippen LogP contribution is -2.06. The van der Waals surface area contributed by atoms with Gasteiger partial charge < -0.3 is 11.1 Å². The molecule has 2 aromatic rings. The van der Waals surface area contributed by atoms with Crippen LogP contribution in [0.15, 0.2) is 29.6 Å². The quantitative estimate of drug-likeness (QED) is 0.823. The zero-order valence-corrected chi connectivity index (χ0v) is 11.4. The summed E-state index contributed by atoms with van der Waals surface area (Å²) in [5, 5.41) is 6.32. The van der Waals surface area contributed by atoms with E-state index < -0.39 is 0 Å². The topological polar surface area (TPSA) is 38.0 Å². The summed E-state index contributed by atoms with van der Waals surface area (Å²) < 4.78 is 0. The van der Waals surface area contributed by atoms with Crippen molar-refractivity contribution in [3.05, 3.63) is 44.6 Å². The SMILES string of the molecule is Nc1cc(Cl)c(Cl)cc1NCCc1cccs1. The highest BCUT2D eigenvalue weighted by Crippen LogP contribution is 2.30. The average molecular weight is 287 g/mol. The van der Waals surface area contributed by atoms with Crippen LogP contribution in [-0.4, -0.2) is 6.54 Å². The first-order chi connectivity index (χ1) is 8.16. The van der Waals surface area contributed by atoms with Gasteiger partial charge in [-0.1, -0.05) is 29.3 Å². The summed E-state index contributed by atoms with van der Waals surface area (Å²) in [6.07, 6.45) is 0.970. The zero-order valence-electron chi connectivity index (χ0n) is 9.04. The van der Waals surface area contributed by atoms with Gasteiger partial charge in [-0.2, -0.15) is 0 Å². The smallest absolute Gasteiger partial charge is 0.0614 e. The molecule has 0 aliphatic rings. The van der Waals surface area contributed by atoms with Gasteiger partial charge in [0, 0.05) is 11.4 Å². The van der Waals surface area contributed by atoms with Crippen LogP contribution in [-0.2, 0) is 6.42 Å². The third kappa shape index (κ3) is 3.28. The molecule has 2 nitrogen and oxygen atoms in total. The lowest BCUT2D eigenvalue weighted by atomic mass is 10.2. The number of anilines is 2. The van der Waals surface area contributed by atoms with Crippen LogP contribution in [0.2, 0.25) is 10.0 Å². The molecule has 1 heterocycles. The molecule has 0 saturated carbocycles. The van der Waals surface area contributed by atoms with E-state index in [1.54, 1.807) is 23.5 Å². The molecule has 1 aromatic carbocycles. The van der Waals surface area contributed by atoms with Gasteiger partial charge in [0.25, 0.3) is 0 Å². The molecule has 0 radical (unpaired) electrons. The Balaban J connectivity index is 1.97. The minimum atomic E-state index is 0.480. The predicted molar refractivity (Wildman–Crippen MR) is 77.4 cm³/mol. The van der Waals surface area contributed by atoms with Crippen LogP contribution in [0, 0.1) is 0 Å². The van der Waals surface area contributed by atoms with Crippen molar-refractivity contribution < 1.29 is 0 Å². The molecule has 17 heavy (non-hydrogen) atoms. The van der Waals surface area contributed by atoms with Crippen LogP contribution < -0.4 is 11.1 Å². The number of hydrogen-bond donors (Lipinski definition) is 2. The monoisotopic (exact) mass is 286 g/mol. The Bertz CT molecular complexity index is 497. The molecule has 90 valence electrons. The Morgan fingerprint density at radius 2 is 2.00 bits per heavy atom. The van der Waals surface area contributed by atoms with Crippen molar-refractivity contribution in [1.82, 2.24) is 0 Å². The number of nitrogen functional groups attached to an aromatic ring is 1. The normalized spacial score (nSPS) is 10.5. The van der Waals surface area contributed by atoms with E-state index in [0.29, 0.717) is 15.7 Å². The molecule has 2 rings (SSSR count). The first-order valence-electron chi connectivity index (χ1n) is 5.17. The number of benzene rings is 1. The lowest BCUT2D eigenvalue weighted by molar-refractivity contribution is 1.05. The van der Waals surface area contributed by atoms with E-state index in [2.05, 4.69) is 16.8 Å². The van der Waals surface area contributed by atoms with Crippen LogP contribution in [0.4, 0.5) is 11.4 Å². The van der Waals surface area contributed by atoms with Crippen molar-refractivity contribution in [3.63, 3.8) is 0 Å². The van der Waals surface area contributed by atoms with Gasteiger partial charge in [-0.3, -0.25) is 0 Å². The Morgan fingerprint density at radius 3 is 2.71 bits per heavy atom. The van der Waals surface area contributed by atoms with Gasteiger partial charge in [-0.15, -0.1) is 11.3 Å². The largest absolute Gasteiger partial charge is 0.397 e. The molecule has 0 atom stereocenters. The molecule has 0 saturated heterocycles. The maximum Gasteiger partial charge on any atom is 0.0614 e. The fourth-order valence-electron chi connectivity index (χ4n) is 1.49. The summed E-state index contributed by atoms with van der Waals surface area (Å²) in [5.74, 6) is 0. The molecule has 0 unspecified atom stereocenters. The molecule has 0 spiro atoms. The number of hydrogen-bond acceptors (Lipinski definition) is 3. The van der Waals surface area contributed by atoms with Gasteiger partial charge in [0.15, 0.2) is 0 Å². The van der Waals surface area contributed by atoms with Gasteiger partial charge in [-0.25, -0.2) is 0 Å². The fourth-order valence-corrected chi connectivity index (χ4v) is 2.54. The van der Waals surface area contributed by atoms with Crippen molar-refractivity contribution in [2.75, 3.05) is 17.6 Å². The molecule has 3 N–H and O–H groups in total. The van der Waals surface area contributed by atoms with Crippen molar-refractivity contribution in [2.45, 2.75) is 6.42 Å². The maximum absolute atomic E-state index is 5.94. The van der Waals surface area contributed by atoms with Crippen LogP contribution in [0.5, 0.6) is 0 Å². The van der Waals surface area contributed by atoms with Gasteiger partial charge in [-0.05, 0) is 30.0 Å². The number of thiophene rings is 1. The average Bonchev–Trinajstić information content (AvgIpc) is 2.78. The van der Waals surface area contributed by atoms with Crippen LogP contribution in [0.25, 0.3) is 0 Å². The first kappa shape index (κ1) is 12.6. The van der Waals surface area contributed by atoms with E-state index in [0.717, 1.165) is 18.7 Å². The van der Waals surface area contributed by atoms with Crippen LogP contribution in [0.3, 0.4) is 0 Å². The predicted octanol–water partition coefficient (Wildman–Crippen LogP) is 4.29. The van der Waals surface area contributed by atoms with Gasteiger partial charge >= 0.3 is 0 Å². The molecule has 0 aliphatic heterocycles. The number of nitrogens with two attached hydrogens (primary N) is 1. The van der Waals surface area contributed by atoms with Gasteiger partial charge in [0.05, 0.1) is 21.4 Å². The van der Waals surface area contributed by atoms with E-state index >= 15 is 0 Å². The van der Waals surface area contributed by atoms with Crippen LogP contribution in [0.1, 0.15) is 4.88 Å². The fraction of sp³-hybridized carbons (Fsp3) is 0.167. The highest BCUT2D eigenvalue weighted by molar-refractivity contribution is 7.09. The Morgan fingerprint density at radius 1 is 1.24 bits per heavy atom. The second kappa shape index (κ2) is 5.63.